The van der Waals surface area contributed by atoms with E-state index in [1.165, 1.54) is 11.5 Å². The summed E-state index contributed by atoms with van der Waals surface area (Å²) in [6, 6.07) is 0.532. The zero-order valence-corrected chi connectivity index (χ0v) is 12.1. The Morgan fingerprint density at radius 2 is 2.22 bits per heavy atom. The summed E-state index contributed by atoms with van der Waals surface area (Å²) in [7, 11) is 2.13. The maximum Gasteiger partial charge on any atom is 0.244 e. The lowest BCUT2D eigenvalue weighted by Crippen LogP contribution is -2.33. The summed E-state index contributed by atoms with van der Waals surface area (Å²) < 4.78 is 5.43. The molecule has 2 saturated heterocycles. The summed E-state index contributed by atoms with van der Waals surface area (Å²) in [5.74, 6) is 6.04. The minimum atomic E-state index is 0.228. The van der Waals surface area contributed by atoms with E-state index in [9.17, 15) is 0 Å². The molecule has 2 fully saturated rings. The van der Waals surface area contributed by atoms with Crippen LogP contribution >= 0.6 is 23.5 Å². The van der Waals surface area contributed by atoms with Crippen molar-refractivity contribution in [3.63, 3.8) is 0 Å². The Morgan fingerprint density at radius 3 is 3.00 bits per heavy atom. The Labute approximate surface area is 115 Å². The second-order valence-electron chi connectivity index (χ2n) is 4.64. The van der Waals surface area contributed by atoms with Crippen LogP contribution in [0.3, 0.4) is 0 Å². The lowest BCUT2D eigenvalue weighted by Gasteiger charge is -2.29. The van der Waals surface area contributed by atoms with Crippen molar-refractivity contribution in [3.05, 3.63) is 11.7 Å². The molecule has 0 radical (unpaired) electrons. The van der Waals surface area contributed by atoms with E-state index in [4.69, 9.17) is 4.52 Å². The molecule has 100 valence electrons. The third-order valence-corrected chi connectivity index (χ3v) is 5.46. The molecule has 2 unspecified atom stereocenters. The van der Waals surface area contributed by atoms with Crippen LogP contribution in [-0.2, 0) is 0 Å². The van der Waals surface area contributed by atoms with Gasteiger partial charge in [0, 0.05) is 36.1 Å². The van der Waals surface area contributed by atoms with E-state index < -0.39 is 0 Å². The van der Waals surface area contributed by atoms with Gasteiger partial charge in [0.05, 0.1) is 12.1 Å². The Bertz CT molecular complexity index is 394. The van der Waals surface area contributed by atoms with Gasteiger partial charge in [-0.1, -0.05) is 5.16 Å². The molecule has 0 spiro atoms. The van der Waals surface area contributed by atoms with Gasteiger partial charge >= 0.3 is 0 Å². The molecule has 0 aromatic carbocycles. The van der Waals surface area contributed by atoms with Crippen molar-refractivity contribution in [1.82, 2.24) is 20.4 Å². The van der Waals surface area contributed by atoms with Gasteiger partial charge in [0.2, 0.25) is 5.89 Å². The molecule has 5 nitrogen and oxygen atoms in total. The standard InChI is InChI=1S/C11H18N4OS2/c1-15-3-5-18-7-9(15)10-13-11(16-14-10)8-6-17-4-2-12-8/h8-9,12H,2-7H2,1H3. The monoisotopic (exact) mass is 286 g/mol. The van der Waals surface area contributed by atoms with Crippen molar-refractivity contribution in [3.8, 4) is 0 Å². The van der Waals surface area contributed by atoms with Crippen LogP contribution in [0.15, 0.2) is 4.52 Å². The average molecular weight is 286 g/mol. The Morgan fingerprint density at radius 1 is 1.33 bits per heavy atom. The summed E-state index contributed by atoms with van der Waals surface area (Å²) >= 11 is 3.90. The Hall–Kier alpha value is -0.240. The van der Waals surface area contributed by atoms with Crippen LogP contribution in [-0.4, -0.2) is 58.2 Å². The van der Waals surface area contributed by atoms with E-state index >= 15 is 0 Å². The predicted molar refractivity (Wildman–Crippen MR) is 75.1 cm³/mol. The third kappa shape index (κ3) is 2.68. The number of aromatic nitrogens is 2. The molecule has 3 heterocycles. The topological polar surface area (TPSA) is 54.2 Å². The van der Waals surface area contributed by atoms with Crippen molar-refractivity contribution < 1.29 is 4.52 Å². The number of thioether (sulfide) groups is 2. The highest BCUT2D eigenvalue weighted by molar-refractivity contribution is 7.99. The fourth-order valence-electron chi connectivity index (χ4n) is 2.21. The van der Waals surface area contributed by atoms with Gasteiger partial charge in [-0.15, -0.1) is 0 Å². The van der Waals surface area contributed by atoms with E-state index in [1.54, 1.807) is 0 Å². The van der Waals surface area contributed by atoms with Gasteiger partial charge in [-0.2, -0.15) is 28.5 Å². The zero-order valence-electron chi connectivity index (χ0n) is 10.5. The molecule has 0 aliphatic carbocycles. The van der Waals surface area contributed by atoms with E-state index in [1.807, 2.05) is 23.5 Å². The van der Waals surface area contributed by atoms with Crippen molar-refractivity contribution >= 4 is 23.5 Å². The van der Waals surface area contributed by atoms with Gasteiger partial charge in [0.25, 0.3) is 0 Å². The molecule has 2 atom stereocenters. The van der Waals surface area contributed by atoms with Crippen molar-refractivity contribution in [1.29, 1.82) is 0 Å². The van der Waals surface area contributed by atoms with E-state index in [-0.39, 0.29) is 6.04 Å². The number of rotatable bonds is 2. The summed E-state index contributed by atoms with van der Waals surface area (Å²) in [5.41, 5.74) is 0. The number of hydrogen-bond donors (Lipinski definition) is 1. The van der Waals surface area contributed by atoms with E-state index in [2.05, 4.69) is 27.4 Å². The fourth-order valence-corrected chi connectivity index (χ4v) is 4.34. The number of nitrogens with zero attached hydrogens (tertiary/aromatic N) is 3. The van der Waals surface area contributed by atoms with Crippen molar-refractivity contribution in [2.24, 2.45) is 0 Å². The van der Waals surface area contributed by atoms with E-state index in [0.29, 0.717) is 6.04 Å². The van der Waals surface area contributed by atoms with Gasteiger partial charge in [0.15, 0.2) is 5.82 Å². The molecule has 0 saturated carbocycles. The highest BCUT2D eigenvalue weighted by Crippen LogP contribution is 2.28. The number of hydrogen-bond acceptors (Lipinski definition) is 7. The molecule has 3 rings (SSSR count). The van der Waals surface area contributed by atoms with Crippen LogP contribution in [0.4, 0.5) is 0 Å². The highest BCUT2D eigenvalue weighted by Gasteiger charge is 2.28. The van der Waals surface area contributed by atoms with Gasteiger partial charge in [0.1, 0.15) is 0 Å². The van der Waals surface area contributed by atoms with Gasteiger partial charge in [-0.25, -0.2) is 0 Å². The van der Waals surface area contributed by atoms with Crippen LogP contribution in [0.1, 0.15) is 23.8 Å². The first-order chi connectivity index (χ1) is 8.84. The van der Waals surface area contributed by atoms with Crippen LogP contribution < -0.4 is 5.32 Å². The minimum absolute atomic E-state index is 0.228. The van der Waals surface area contributed by atoms with Crippen molar-refractivity contribution in [2.45, 2.75) is 12.1 Å². The van der Waals surface area contributed by atoms with Crippen LogP contribution in [0.25, 0.3) is 0 Å². The molecule has 0 bridgehead atoms. The second-order valence-corrected chi connectivity index (χ2v) is 6.94. The van der Waals surface area contributed by atoms with Crippen LogP contribution in [0.5, 0.6) is 0 Å². The van der Waals surface area contributed by atoms with Crippen LogP contribution in [0.2, 0.25) is 0 Å². The first kappa shape index (κ1) is 12.8. The SMILES string of the molecule is CN1CCSCC1c1noc(C2CSCCN2)n1. The smallest absolute Gasteiger partial charge is 0.244 e. The van der Waals surface area contributed by atoms with Gasteiger partial charge in [-0.05, 0) is 7.05 Å². The average Bonchev–Trinajstić information content (AvgIpc) is 2.90. The summed E-state index contributed by atoms with van der Waals surface area (Å²) in [4.78, 5) is 6.91. The third-order valence-electron chi connectivity index (χ3n) is 3.37. The molecule has 1 aromatic rings. The minimum Gasteiger partial charge on any atom is -0.338 e. The largest absolute Gasteiger partial charge is 0.338 e. The van der Waals surface area contributed by atoms with E-state index in [0.717, 1.165) is 36.3 Å². The predicted octanol–water partition coefficient (Wildman–Crippen LogP) is 1.17. The number of nitrogens with one attached hydrogen (secondary N) is 1. The molecule has 1 aromatic heterocycles. The highest BCUT2D eigenvalue weighted by atomic mass is 32.2. The first-order valence-electron chi connectivity index (χ1n) is 6.27. The Kier molecular flexibility index (Phi) is 4.13. The maximum absolute atomic E-state index is 5.43. The zero-order chi connectivity index (χ0) is 12.4. The second kappa shape index (κ2) is 5.81. The molecule has 2 aliphatic rings. The molecule has 18 heavy (non-hydrogen) atoms. The normalized spacial score (nSPS) is 30.5. The summed E-state index contributed by atoms with van der Waals surface area (Å²) in [6.45, 7) is 2.11. The summed E-state index contributed by atoms with van der Waals surface area (Å²) in [5, 5.41) is 7.60. The quantitative estimate of drug-likeness (QED) is 0.875. The van der Waals surface area contributed by atoms with Crippen molar-refractivity contribution in [2.75, 3.05) is 43.1 Å². The molecule has 2 aliphatic heterocycles. The fraction of sp³-hybridized carbons (Fsp3) is 0.818. The lowest BCUT2D eigenvalue weighted by atomic mass is 10.2. The molecular formula is C11H18N4OS2. The van der Waals surface area contributed by atoms with Gasteiger partial charge in [-0.3, -0.25) is 4.90 Å². The lowest BCUT2D eigenvalue weighted by molar-refractivity contribution is 0.255. The van der Waals surface area contributed by atoms with Gasteiger partial charge < -0.3 is 9.84 Å². The molecule has 1 N–H and O–H groups in total. The molecular weight excluding hydrogens is 268 g/mol. The Balaban J connectivity index is 1.71. The molecule has 7 heteroatoms. The first-order valence-corrected chi connectivity index (χ1v) is 8.58. The summed E-state index contributed by atoms with van der Waals surface area (Å²) in [6.07, 6.45) is 0. The maximum atomic E-state index is 5.43. The molecule has 0 amide bonds. The van der Waals surface area contributed by atoms with Crippen LogP contribution in [0, 0.1) is 0 Å².